The third-order valence-corrected chi connectivity index (χ3v) is 13.2. The molecule has 0 aliphatic heterocycles. The standard InChI is InChI=1S/C58H111NO5/c1-3-5-7-9-11-13-15-17-19-20-23-26-30-34-38-42-46-50-56(61)55(54-60)59-57(62)51-47-43-39-35-31-27-24-21-25-29-33-37-41-45-49-53-64-58(63)52-48-44-40-36-32-28-22-18-16-14-12-10-8-6-4-2/h18,22,25,29,55-56,60-61H,3-17,19-21,23-24,26-28,30-54H2,1-2H3,(H,59,62)/b22-18-,29-25-. The van der Waals surface area contributed by atoms with Crippen LogP contribution in [0.4, 0.5) is 0 Å². The van der Waals surface area contributed by atoms with Crippen molar-refractivity contribution in [3.05, 3.63) is 24.3 Å². The third kappa shape index (κ3) is 49.8. The number of carbonyl (C=O) groups excluding carboxylic acids is 2. The Kier molecular flexibility index (Phi) is 52.6. The van der Waals surface area contributed by atoms with E-state index in [0.717, 1.165) is 70.6 Å². The molecule has 0 spiro atoms. The van der Waals surface area contributed by atoms with Gasteiger partial charge in [0.15, 0.2) is 0 Å². The highest BCUT2D eigenvalue weighted by molar-refractivity contribution is 5.76. The number of rotatable bonds is 53. The van der Waals surface area contributed by atoms with Crippen LogP contribution < -0.4 is 5.32 Å². The largest absolute Gasteiger partial charge is 0.466 e. The Morgan fingerprint density at radius 3 is 1.11 bits per heavy atom. The predicted octanol–water partition coefficient (Wildman–Crippen LogP) is 17.5. The van der Waals surface area contributed by atoms with Crippen molar-refractivity contribution in [3.8, 4) is 0 Å². The Balaban J connectivity index is 3.48. The van der Waals surface area contributed by atoms with Crippen molar-refractivity contribution in [1.29, 1.82) is 0 Å². The average Bonchev–Trinajstić information content (AvgIpc) is 3.29. The molecule has 0 fully saturated rings. The van der Waals surface area contributed by atoms with Gasteiger partial charge in [-0.1, -0.05) is 244 Å². The van der Waals surface area contributed by atoms with Gasteiger partial charge in [-0.15, -0.1) is 0 Å². The maximum Gasteiger partial charge on any atom is 0.305 e. The fourth-order valence-electron chi connectivity index (χ4n) is 8.81. The van der Waals surface area contributed by atoms with E-state index >= 15 is 0 Å². The molecule has 0 saturated heterocycles. The molecule has 0 aliphatic carbocycles. The summed E-state index contributed by atoms with van der Waals surface area (Å²) in [5.41, 5.74) is 0. The lowest BCUT2D eigenvalue weighted by Gasteiger charge is -2.22. The molecule has 3 N–H and O–H groups in total. The number of nitrogens with one attached hydrogen (secondary N) is 1. The minimum absolute atomic E-state index is 0.0176. The van der Waals surface area contributed by atoms with E-state index in [1.54, 1.807) is 0 Å². The number of allylic oxidation sites excluding steroid dienone is 4. The van der Waals surface area contributed by atoms with Gasteiger partial charge in [0.1, 0.15) is 0 Å². The highest BCUT2D eigenvalue weighted by Crippen LogP contribution is 2.17. The zero-order valence-electron chi connectivity index (χ0n) is 43.0. The van der Waals surface area contributed by atoms with Crippen molar-refractivity contribution in [2.45, 2.75) is 321 Å². The van der Waals surface area contributed by atoms with Crippen molar-refractivity contribution in [1.82, 2.24) is 5.32 Å². The molecule has 6 nitrogen and oxygen atoms in total. The SMILES string of the molecule is CCCCCCCC/C=C\CCCCCCCC(=O)OCCCCCC/C=C\CCCCCCCCCC(=O)NC(CO)C(O)CCCCCCCCCCCCCCCCCCC. The average molecular weight is 903 g/mol. The molecule has 6 heteroatoms. The van der Waals surface area contributed by atoms with Gasteiger partial charge in [-0.2, -0.15) is 0 Å². The van der Waals surface area contributed by atoms with Crippen LogP contribution in [0.15, 0.2) is 24.3 Å². The molecule has 1 amide bonds. The molecule has 378 valence electrons. The summed E-state index contributed by atoms with van der Waals surface area (Å²) in [4.78, 5) is 24.5. The smallest absolute Gasteiger partial charge is 0.305 e. The molecule has 0 aliphatic rings. The quantitative estimate of drug-likeness (QED) is 0.0321. The minimum Gasteiger partial charge on any atom is -0.466 e. The van der Waals surface area contributed by atoms with E-state index in [2.05, 4.69) is 43.5 Å². The first-order valence-electron chi connectivity index (χ1n) is 28.6. The van der Waals surface area contributed by atoms with Crippen LogP contribution >= 0.6 is 0 Å². The molecule has 0 aromatic heterocycles. The topological polar surface area (TPSA) is 95.9 Å². The van der Waals surface area contributed by atoms with Gasteiger partial charge in [0.05, 0.1) is 25.4 Å². The number of hydrogen-bond donors (Lipinski definition) is 3. The Bertz CT molecular complexity index is 997. The number of unbranched alkanes of at least 4 members (excludes halogenated alkanes) is 38. The van der Waals surface area contributed by atoms with Crippen molar-refractivity contribution in [3.63, 3.8) is 0 Å². The minimum atomic E-state index is -0.674. The number of hydrogen-bond acceptors (Lipinski definition) is 5. The summed E-state index contributed by atoms with van der Waals surface area (Å²) >= 11 is 0. The van der Waals surface area contributed by atoms with Crippen molar-refractivity contribution < 1.29 is 24.5 Å². The van der Waals surface area contributed by atoms with Gasteiger partial charge in [-0.05, 0) is 77.0 Å². The molecule has 2 unspecified atom stereocenters. The number of aliphatic hydroxyl groups excluding tert-OH is 2. The summed E-state index contributed by atoms with van der Waals surface area (Å²) < 4.78 is 5.46. The first kappa shape index (κ1) is 62.3. The van der Waals surface area contributed by atoms with E-state index in [1.165, 1.54) is 205 Å². The molecule has 0 bridgehead atoms. The molecule has 64 heavy (non-hydrogen) atoms. The van der Waals surface area contributed by atoms with Gasteiger partial charge in [-0.3, -0.25) is 9.59 Å². The Morgan fingerprint density at radius 1 is 0.422 bits per heavy atom. The molecule has 0 saturated carbocycles. The maximum atomic E-state index is 12.5. The van der Waals surface area contributed by atoms with E-state index in [1.807, 2.05) is 0 Å². The van der Waals surface area contributed by atoms with Crippen LogP contribution in [0.3, 0.4) is 0 Å². The van der Waals surface area contributed by atoms with Gasteiger partial charge in [-0.25, -0.2) is 0 Å². The van der Waals surface area contributed by atoms with Crippen LogP contribution in [0.25, 0.3) is 0 Å². The number of aliphatic hydroxyl groups is 2. The van der Waals surface area contributed by atoms with E-state index < -0.39 is 12.1 Å². The molecule has 2 atom stereocenters. The lowest BCUT2D eigenvalue weighted by Crippen LogP contribution is -2.45. The van der Waals surface area contributed by atoms with Gasteiger partial charge in [0.25, 0.3) is 0 Å². The first-order chi connectivity index (χ1) is 31.5. The van der Waals surface area contributed by atoms with E-state index in [-0.39, 0.29) is 18.5 Å². The Hall–Kier alpha value is -1.66. The summed E-state index contributed by atoms with van der Waals surface area (Å²) in [5, 5.41) is 23.3. The zero-order chi connectivity index (χ0) is 46.5. The number of amides is 1. The molecule has 0 aromatic carbocycles. The fourth-order valence-corrected chi connectivity index (χ4v) is 8.81. The number of carbonyl (C=O) groups is 2. The molecular formula is C58H111NO5. The van der Waals surface area contributed by atoms with Crippen molar-refractivity contribution in [2.24, 2.45) is 0 Å². The monoisotopic (exact) mass is 902 g/mol. The van der Waals surface area contributed by atoms with Crippen LogP contribution in [0, 0.1) is 0 Å². The van der Waals surface area contributed by atoms with E-state index in [0.29, 0.717) is 25.9 Å². The van der Waals surface area contributed by atoms with Crippen LogP contribution in [0.1, 0.15) is 309 Å². The van der Waals surface area contributed by atoms with Crippen LogP contribution in [-0.4, -0.2) is 47.4 Å². The third-order valence-electron chi connectivity index (χ3n) is 13.2. The molecule has 0 rings (SSSR count). The molecular weight excluding hydrogens is 791 g/mol. The second-order valence-corrected chi connectivity index (χ2v) is 19.6. The van der Waals surface area contributed by atoms with E-state index in [4.69, 9.17) is 4.74 Å². The second kappa shape index (κ2) is 54.0. The second-order valence-electron chi connectivity index (χ2n) is 19.6. The zero-order valence-corrected chi connectivity index (χ0v) is 43.0. The van der Waals surface area contributed by atoms with Gasteiger partial charge in [0.2, 0.25) is 5.91 Å². The fraction of sp³-hybridized carbons (Fsp3) is 0.897. The summed E-state index contributed by atoms with van der Waals surface area (Å²) in [6.45, 7) is 4.92. The Labute approximate surface area is 399 Å². The lowest BCUT2D eigenvalue weighted by molar-refractivity contribution is -0.143. The lowest BCUT2D eigenvalue weighted by atomic mass is 10.0. The molecule has 0 aromatic rings. The normalized spacial score (nSPS) is 12.8. The van der Waals surface area contributed by atoms with Crippen molar-refractivity contribution >= 4 is 11.9 Å². The van der Waals surface area contributed by atoms with Gasteiger partial charge >= 0.3 is 5.97 Å². The first-order valence-corrected chi connectivity index (χ1v) is 28.6. The van der Waals surface area contributed by atoms with E-state index in [9.17, 15) is 19.8 Å². The summed E-state index contributed by atoms with van der Waals surface area (Å²) in [7, 11) is 0. The highest BCUT2D eigenvalue weighted by atomic mass is 16.5. The number of ether oxygens (including phenoxy) is 1. The summed E-state index contributed by atoms with van der Waals surface area (Å²) in [5.74, 6) is -0.0664. The van der Waals surface area contributed by atoms with Crippen LogP contribution in [0.5, 0.6) is 0 Å². The van der Waals surface area contributed by atoms with Crippen LogP contribution in [-0.2, 0) is 14.3 Å². The Morgan fingerprint density at radius 2 is 0.734 bits per heavy atom. The van der Waals surface area contributed by atoms with Crippen molar-refractivity contribution in [2.75, 3.05) is 13.2 Å². The highest BCUT2D eigenvalue weighted by Gasteiger charge is 2.20. The number of esters is 1. The van der Waals surface area contributed by atoms with Gasteiger partial charge in [0, 0.05) is 12.8 Å². The molecule has 0 heterocycles. The van der Waals surface area contributed by atoms with Gasteiger partial charge < -0.3 is 20.3 Å². The molecule has 0 radical (unpaired) electrons. The maximum absolute atomic E-state index is 12.5. The summed E-state index contributed by atoms with van der Waals surface area (Å²) in [6.07, 6.45) is 64.4. The predicted molar refractivity (Wildman–Crippen MR) is 278 cm³/mol. The van der Waals surface area contributed by atoms with Crippen LogP contribution in [0.2, 0.25) is 0 Å². The summed E-state index contributed by atoms with van der Waals surface area (Å²) in [6, 6.07) is -0.553.